The molecule has 0 unspecified atom stereocenters. The van der Waals surface area contributed by atoms with Crippen molar-refractivity contribution < 1.29 is 13.2 Å². The maximum atomic E-state index is 12.5. The van der Waals surface area contributed by atoms with Gasteiger partial charge in [-0.2, -0.15) is 4.31 Å². The first kappa shape index (κ1) is 20.9. The number of aromatic nitrogens is 1. The third-order valence-corrected chi connectivity index (χ3v) is 6.40. The molecule has 0 saturated heterocycles. The standard InChI is InChI=1S/C19H25N3O4S/c1-5-21(6-2)27(25,26)18-9-7-16(8-10-18)20-19(24)13-22-14(3)11-17(23)12-15(22)4/h7-12H,5-6,13H2,1-4H3,(H,20,24). The van der Waals surface area contributed by atoms with Crippen molar-refractivity contribution in [3.63, 3.8) is 0 Å². The molecule has 1 heterocycles. The first-order chi connectivity index (χ1) is 12.7. The number of nitrogens with one attached hydrogen (secondary N) is 1. The zero-order valence-corrected chi connectivity index (χ0v) is 16.8. The van der Waals surface area contributed by atoms with E-state index in [1.54, 1.807) is 44.4 Å². The largest absolute Gasteiger partial charge is 0.340 e. The fourth-order valence-corrected chi connectivity index (χ4v) is 4.36. The van der Waals surface area contributed by atoms with E-state index in [-0.39, 0.29) is 22.8 Å². The number of carbonyl (C=O) groups excluding carboxylic acids is 1. The van der Waals surface area contributed by atoms with E-state index in [1.807, 2.05) is 0 Å². The van der Waals surface area contributed by atoms with E-state index in [2.05, 4.69) is 5.32 Å². The Balaban J connectivity index is 2.13. The Morgan fingerprint density at radius 3 is 2.04 bits per heavy atom. The molecule has 1 N–H and O–H groups in total. The molecule has 2 rings (SSSR count). The number of benzene rings is 1. The third kappa shape index (κ3) is 4.84. The van der Waals surface area contributed by atoms with E-state index < -0.39 is 10.0 Å². The summed E-state index contributed by atoms with van der Waals surface area (Å²) in [6, 6.07) is 9.07. The van der Waals surface area contributed by atoms with E-state index in [9.17, 15) is 18.0 Å². The fourth-order valence-electron chi connectivity index (χ4n) is 2.90. The van der Waals surface area contributed by atoms with E-state index >= 15 is 0 Å². The van der Waals surface area contributed by atoms with Crippen LogP contribution in [-0.4, -0.2) is 36.3 Å². The minimum absolute atomic E-state index is 0.0669. The van der Waals surface area contributed by atoms with E-state index in [0.29, 0.717) is 30.2 Å². The molecule has 0 fully saturated rings. The van der Waals surface area contributed by atoms with E-state index in [0.717, 1.165) is 0 Å². The summed E-state index contributed by atoms with van der Waals surface area (Å²) in [4.78, 5) is 24.0. The molecule has 0 spiro atoms. The smallest absolute Gasteiger partial charge is 0.244 e. The molecule has 146 valence electrons. The lowest BCUT2D eigenvalue weighted by molar-refractivity contribution is -0.116. The number of aryl methyl sites for hydroxylation is 2. The number of hydrogen-bond acceptors (Lipinski definition) is 4. The van der Waals surface area contributed by atoms with Crippen LogP contribution in [0.1, 0.15) is 25.2 Å². The Bertz CT molecular complexity index is 949. The SMILES string of the molecule is CCN(CC)S(=O)(=O)c1ccc(NC(=O)Cn2c(C)cc(=O)cc2C)cc1. The van der Waals surface area contributed by atoms with Gasteiger partial charge in [0.2, 0.25) is 15.9 Å². The summed E-state index contributed by atoms with van der Waals surface area (Å²) in [7, 11) is -3.52. The lowest BCUT2D eigenvalue weighted by Crippen LogP contribution is -2.30. The Hall–Kier alpha value is -2.45. The third-order valence-electron chi connectivity index (χ3n) is 4.34. The van der Waals surface area contributed by atoms with Crippen molar-refractivity contribution >= 4 is 21.6 Å². The molecule has 2 aromatic rings. The number of rotatable bonds is 7. The molecule has 0 radical (unpaired) electrons. The van der Waals surface area contributed by atoms with Crippen molar-refractivity contribution in [3.8, 4) is 0 Å². The number of pyridine rings is 1. The predicted octanol–water partition coefficient (Wildman–Crippen LogP) is 2.13. The molecule has 0 atom stereocenters. The van der Waals surface area contributed by atoms with Crippen LogP contribution >= 0.6 is 0 Å². The molecule has 1 aromatic carbocycles. The van der Waals surface area contributed by atoms with Gasteiger partial charge in [0.1, 0.15) is 6.54 Å². The maximum Gasteiger partial charge on any atom is 0.244 e. The minimum atomic E-state index is -3.52. The first-order valence-corrected chi connectivity index (χ1v) is 10.2. The monoisotopic (exact) mass is 391 g/mol. The van der Waals surface area contributed by atoms with Gasteiger partial charge in [0.25, 0.3) is 0 Å². The molecular weight excluding hydrogens is 366 g/mol. The van der Waals surface area contributed by atoms with E-state index in [1.165, 1.54) is 28.6 Å². The summed E-state index contributed by atoms with van der Waals surface area (Å²) in [5.74, 6) is -0.260. The van der Waals surface area contributed by atoms with Crippen LogP contribution < -0.4 is 10.7 Å². The molecule has 8 heteroatoms. The zero-order valence-electron chi connectivity index (χ0n) is 16.0. The van der Waals surface area contributed by atoms with Crippen LogP contribution in [0.25, 0.3) is 0 Å². The fraction of sp³-hybridized carbons (Fsp3) is 0.368. The van der Waals surface area contributed by atoms with Gasteiger partial charge in [0, 0.05) is 42.3 Å². The molecule has 0 aliphatic carbocycles. The van der Waals surface area contributed by atoms with Crippen LogP contribution in [0.3, 0.4) is 0 Å². The number of carbonyl (C=O) groups is 1. The summed E-state index contributed by atoms with van der Waals surface area (Å²) in [6.45, 7) is 7.98. The Labute approximate surface area is 159 Å². The predicted molar refractivity (Wildman–Crippen MR) is 105 cm³/mol. The van der Waals surface area contributed by atoms with Crippen molar-refractivity contribution in [2.75, 3.05) is 18.4 Å². The highest BCUT2D eigenvalue weighted by Gasteiger charge is 2.21. The van der Waals surface area contributed by atoms with Gasteiger partial charge in [0.15, 0.2) is 5.43 Å². The lowest BCUT2D eigenvalue weighted by atomic mass is 10.2. The zero-order chi connectivity index (χ0) is 20.2. The summed E-state index contributed by atoms with van der Waals surface area (Å²) < 4.78 is 28.1. The van der Waals surface area contributed by atoms with Crippen LogP contribution in [0.4, 0.5) is 5.69 Å². The molecule has 1 amide bonds. The number of amides is 1. The highest BCUT2D eigenvalue weighted by atomic mass is 32.2. The van der Waals surface area contributed by atoms with Crippen LogP contribution in [0.15, 0.2) is 46.1 Å². The molecule has 0 aliphatic heterocycles. The summed E-state index contributed by atoms with van der Waals surface area (Å²) >= 11 is 0. The van der Waals surface area contributed by atoms with Crippen molar-refractivity contribution in [1.29, 1.82) is 0 Å². The average Bonchev–Trinajstić information content (AvgIpc) is 2.59. The molecule has 0 saturated carbocycles. The van der Waals surface area contributed by atoms with Crippen LogP contribution in [-0.2, 0) is 21.4 Å². The number of sulfonamides is 1. The molecule has 27 heavy (non-hydrogen) atoms. The van der Waals surface area contributed by atoms with Crippen molar-refractivity contribution in [3.05, 3.63) is 58.0 Å². The van der Waals surface area contributed by atoms with Crippen LogP contribution in [0.5, 0.6) is 0 Å². The van der Waals surface area contributed by atoms with Gasteiger partial charge in [-0.1, -0.05) is 13.8 Å². The quantitative estimate of drug-likeness (QED) is 0.783. The highest BCUT2D eigenvalue weighted by molar-refractivity contribution is 7.89. The lowest BCUT2D eigenvalue weighted by Gasteiger charge is -2.18. The number of anilines is 1. The van der Waals surface area contributed by atoms with Crippen molar-refractivity contribution in [2.45, 2.75) is 39.1 Å². The van der Waals surface area contributed by atoms with Gasteiger partial charge in [0.05, 0.1) is 4.90 Å². The van der Waals surface area contributed by atoms with Gasteiger partial charge < -0.3 is 9.88 Å². The van der Waals surface area contributed by atoms with Gasteiger partial charge >= 0.3 is 0 Å². The first-order valence-electron chi connectivity index (χ1n) is 8.77. The van der Waals surface area contributed by atoms with Gasteiger partial charge in [-0.15, -0.1) is 0 Å². The van der Waals surface area contributed by atoms with Crippen LogP contribution in [0.2, 0.25) is 0 Å². The second-order valence-corrected chi connectivity index (χ2v) is 8.16. The topological polar surface area (TPSA) is 88.5 Å². The maximum absolute atomic E-state index is 12.5. The van der Waals surface area contributed by atoms with Crippen molar-refractivity contribution in [2.24, 2.45) is 0 Å². The van der Waals surface area contributed by atoms with Gasteiger partial charge in [-0.25, -0.2) is 8.42 Å². The second-order valence-electron chi connectivity index (χ2n) is 6.22. The van der Waals surface area contributed by atoms with E-state index in [4.69, 9.17) is 0 Å². The minimum Gasteiger partial charge on any atom is -0.340 e. The Kier molecular flexibility index (Phi) is 6.56. The van der Waals surface area contributed by atoms with Crippen molar-refractivity contribution in [1.82, 2.24) is 8.87 Å². The molecule has 1 aromatic heterocycles. The highest BCUT2D eigenvalue weighted by Crippen LogP contribution is 2.18. The molecule has 0 aliphatic rings. The summed E-state index contributed by atoms with van der Waals surface area (Å²) in [5, 5.41) is 2.75. The molecular formula is C19H25N3O4S. The average molecular weight is 391 g/mol. The summed E-state index contributed by atoms with van der Waals surface area (Å²) in [6.07, 6.45) is 0. The van der Waals surface area contributed by atoms with Crippen LogP contribution in [0, 0.1) is 13.8 Å². The molecule has 7 nitrogen and oxygen atoms in total. The number of hydrogen-bond donors (Lipinski definition) is 1. The molecule has 0 bridgehead atoms. The summed E-state index contributed by atoms with van der Waals surface area (Å²) in [5.41, 5.74) is 1.83. The van der Waals surface area contributed by atoms with Gasteiger partial charge in [-0.05, 0) is 38.1 Å². The normalized spacial score (nSPS) is 11.6. The van der Waals surface area contributed by atoms with Gasteiger partial charge in [-0.3, -0.25) is 9.59 Å². The number of nitrogens with zero attached hydrogens (tertiary/aromatic N) is 2. The Morgan fingerprint density at radius 1 is 1.04 bits per heavy atom. The Morgan fingerprint density at radius 2 is 1.56 bits per heavy atom. The second kappa shape index (κ2) is 8.49.